The molecule has 0 aromatic carbocycles. The van der Waals surface area contributed by atoms with Gasteiger partial charge in [-0.25, -0.2) is 0 Å². The first kappa shape index (κ1) is 14.2. The van der Waals surface area contributed by atoms with Crippen LogP contribution in [0.4, 0.5) is 0 Å². The van der Waals surface area contributed by atoms with Gasteiger partial charge in [0.1, 0.15) is 0 Å². The van der Waals surface area contributed by atoms with Gasteiger partial charge < -0.3 is 10.6 Å². The summed E-state index contributed by atoms with van der Waals surface area (Å²) in [5.41, 5.74) is 0. The molecular weight excluding hydrogens is 252 g/mol. The molecule has 3 atom stereocenters. The van der Waals surface area contributed by atoms with Crippen LogP contribution in [0.25, 0.3) is 0 Å². The number of piperidine rings is 1. The van der Waals surface area contributed by atoms with Gasteiger partial charge in [-0.1, -0.05) is 19.3 Å². The van der Waals surface area contributed by atoms with E-state index in [-0.39, 0.29) is 0 Å². The largest absolute Gasteiger partial charge is 0.314 e. The second-order valence-corrected chi connectivity index (χ2v) is 8.15. The fourth-order valence-electron chi connectivity index (χ4n) is 4.05. The average molecular weight is 282 g/mol. The van der Waals surface area contributed by atoms with Gasteiger partial charge in [-0.15, -0.1) is 0 Å². The lowest BCUT2D eigenvalue weighted by molar-refractivity contribution is 0.182. The smallest absolute Gasteiger partial charge is 0.0282 e. The van der Waals surface area contributed by atoms with E-state index in [4.69, 9.17) is 0 Å². The normalized spacial score (nSPS) is 38.1. The Kier molecular flexibility index (Phi) is 4.76. The summed E-state index contributed by atoms with van der Waals surface area (Å²) in [6, 6.07) is 1.59. The van der Waals surface area contributed by atoms with E-state index in [1.807, 2.05) is 0 Å². The van der Waals surface area contributed by atoms with E-state index in [0.29, 0.717) is 4.75 Å². The summed E-state index contributed by atoms with van der Waals surface area (Å²) in [4.78, 5) is 0. The average Bonchev–Trinajstić information content (AvgIpc) is 3.27. The highest BCUT2D eigenvalue weighted by Crippen LogP contribution is 2.46. The summed E-state index contributed by atoms with van der Waals surface area (Å²) in [5.74, 6) is 0.895. The maximum absolute atomic E-state index is 3.96. The van der Waals surface area contributed by atoms with Crippen molar-refractivity contribution in [1.29, 1.82) is 0 Å². The number of rotatable bonds is 5. The molecule has 3 fully saturated rings. The first-order valence-electron chi connectivity index (χ1n) is 8.35. The van der Waals surface area contributed by atoms with E-state index in [2.05, 4.69) is 28.7 Å². The maximum atomic E-state index is 3.96. The molecule has 0 aromatic rings. The monoisotopic (exact) mass is 282 g/mol. The van der Waals surface area contributed by atoms with Gasteiger partial charge in [-0.05, 0) is 57.2 Å². The van der Waals surface area contributed by atoms with Crippen molar-refractivity contribution in [2.45, 2.75) is 74.6 Å². The summed E-state index contributed by atoms with van der Waals surface area (Å²) in [6.07, 6.45) is 15.1. The lowest BCUT2D eigenvalue weighted by atomic mass is 9.77. The minimum absolute atomic E-state index is 0.613. The zero-order valence-corrected chi connectivity index (χ0v) is 13.2. The van der Waals surface area contributed by atoms with Crippen molar-refractivity contribution < 1.29 is 0 Å². The third kappa shape index (κ3) is 3.48. The van der Waals surface area contributed by atoms with Crippen LogP contribution in [0.1, 0.15) is 57.8 Å². The second-order valence-electron chi connectivity index (χ2n) is 6.88. The van der Waals surface area contributed by atoms with Crippen LogP contribution in [0, 0.1) is 5.92 Å². The van der Waals surface area contributed by atoms with Gasteiger partial charge in [-0.2, -0.15) is 11.8 Å². The molecule has 0 radical (unpaired) electrons. The zero-order chi connectivity index (χ0) is 13.1. The highest BCUT2D eigenvalue weighted by Gasteiger charge is 2.42. The molecule has 1 saturated heterocycles. The fourth-order valence-corrected chi connectivity index (χ4v) is 4.79. The number of nitrogens with one attached hydrogen (secondary N) is 2. The molecule has 3 rings (SSSR count). The molecular formula is C16H30N2S. The molecule has 110 valence electrons. The zero-order valence-electron chi connectivity index (χ0n) is 12.4. The first-order chi connectivity index (χ1) is 9.33. The molecule has 2 nitrogen and oxygen atoms in total. The van der Waals surface area contributed by atoms with Gasteiger partial charge in [0.05, 0.1) is 0 Å². The van der Waals surface area contributed by atoms with Crippen LogP contribution in [-0.4, -0.2) is 36.2 Å². The van der Waals surface area contributed by atoms with Crippen LogP contribution >= 0.6 is 11.8 Å². The summed E-state index contributed by atoms with van der Waals surface area (Å²) in [7, 11) is 0. The highest BCUT2D eigenvalue weighted by molar-refractivity contribution is 8.00. The van der Waals surface area contributed by atoms with E-state index in [1.54, 1.807) is 0 Å². The Morgan fingerprint density at radius 1 is 1.11 bits per heavy atom. The first-order valence-corrected chi connectivity index (χ1v) is 9.57. The molecule has 2 N–H and O–H groups in total. The molecule has 2 aliphatic carbocycles. The van der Waals surface area contributed by atoms with Crippen LogP contribution < -0.4 is 10.6 Å². The molecule has 2 saturated carbocycles. The standard InChI is InChI=1S/C16H30N2S/c1-19-16(9-10-16)12-18-15-7-3-2-6-13(15)14-8-4-5-11-17-14/h13-15,17-18H,2-12H2,1H3. The summed E-state index contributed by atoms with van der Waals surface area (Å²) < 4.78 is 0.613. The lowest BCUT2D eigenvalue weighted by Gasteiger charge is -2.40. The fraction of sp³-hybridized carbons (Fsp3) is 1.00. The topological polar surface area (TPSA) is 24.1 Å². The van der Waals surface area contributed by atoms with Gasteiger partial charge in [0.2, 0.25) is 0 Å². The lowest BCUT2D eigenvalue weighted by Crippen LogP contribution is -2.51. The summed E-state index contributed by atoms with van der Waals surface area (Å²) >= 11 is 2.09. The minimum Gasteiger partial charge on any atom is -0.314 e. The summed E-state index contributed by atoms with van der Waals surface area (Å²) in [5, 5.41) is 7.76. The quantitative estimate of drug-likeness (QED) is 0.810. The third-order valence-electron chi connectivity index (χ3n) is 5.61. The SMILES string of the molecule is CSC1(CNC2CCCCC2C2CCCCN2)CC1. The van der Waals surface area contributed by atoms with Crippen molar-refractivity contribution in [3.05, 3.63) is 0 Å². The summed E-state index contributed by atoms with van der Waals surface area (Å²) in [6.45, 7) is 2.50. The highest BCUT2D eigenvalue weighted by atomic mass is 32.2. The Labute approximate surface area is 122 Å². The van der Waals surface area contributed by atoms with Crippen LogP contribution in [0.15, 0.2) is 0 Å². The predicted molar refractivity (Wildman–Crippen MR) is 84.9 cm³/mol. The Morgan fingerprint density at radius 2 is 1.89 bits per heavy atom. The third-order valence-corrected chi connectivity index (χ3v) is 7.03. The van der Waals surface area contributed by atoms with E-state index in [9.17, 15) is 0 Å². The molecule has 3 aliphatic rings. The molecule has 0 spiro atoms. The Bertz CT molecular complexity index is 284. The Morgan fingerprint density at radius 3 is 2.58 bits per heavy atom. The van der Waals surface area contributed by atoms with Gasteiger partial charge in [0, 0.05) is 23.4 Å². The van der Waals surface area contributed by atoms with Crippen LogP contribution in [0.3, 0.4) is 0 Å². The van der Waals surface area contributed by atoms with E-state index < -0.39 is 0 Å². The molecule has 1 aliphatic heterocycles. The van der Waals surface area contributed by atoms with Gasteiger partial charge in [0.15, 0.2) is 0 Å². The molecule has 0 aromatic heterocycles. The van der Waals surface area contributed by atoms with Crippen molar-refractivity contribution in [1.82, 2.24) is 10.6 Å². The van der Waals surface area contributed by atoms with Gasteiger partial charge >= 0.3 is 0 Å². The number of hydrogen-bond donors (Lipinski definition) is 2. The van der Waals surface area contributed by atoms with E-state index in [0.717, 1.165) is 18.0 Å². The van der Waals surface area contributed by atoms with Crippen LogP contribution in [0.5, 0.6) is 0 Å². The molecule has 3 unspecified atom stereocenters. The van der Waals surface area contributed by atoms with Gasteiger partial charge in [-0.3, -0.25) is 0 Å². The second kappa shape index (κ2) is 6.36. The molecule has 3 heteroatoms. The minimum atomic E-state index is 0.613. The molecule has 0 bridgehead atoms. The number of thioether (sulfide) groups is 1. The van der Waals surface area contributed by atoms with Crippen LogP contribution in [0.2, 0.25) is 0 Å². The van der Waals surface area contributed by atoms with Crippen molar-refractivity contribution >= 4 is 11.8 Å². The predicted octanol–water partition coefficient (Wildman–Crippen LogP) is 3.17. The van der Waals surface area contributed by atoms with E-state index >= 15 is 0 Å². The van der Waals surface area contributed by atoms with Crippen LogP contribution in [-0.2, 0) is 0 Å². The Hall–Kier alpha value is 0.270. The van der Waals surface area contributed by atoms with Crippen molar-refractivity contribution in [2.75, 3.05) is 19.3 Å². The molecule has 0 amide bonds. The van der Waals surface area contributed by atoms with Crippen molar-refractivity contribution in [2.24, 2.45) is 5.92 Å². The van der Waals surface area contributed by atoms with Crippen molar-refractivity contribution in [3.8, 4) is 0 Å². The van der Waals surface area contributed by atoms with Crippen molar-refractivity contribution in [3.63, 3.8) is 0 Å². The Balaban J connectivity index is 1.54. The molecule has 19 heavy (non-hydrogen) atoms. The van der Waals surface area contributed by atoms with E-state index in [1.165, 1.54) is 70.9 Å². The number of hydrogen-bond acceptors (Lipinski definition) is 3. The van der Waals surface area contributed by atoms with Gasteiger partial charge in [0.25, 0.3) is 0 Å². The molecule has 1 heterocycles. The maximum Gasteiger partial charge on any atom is 0.0282 e.